The number of hydrogen-bond acceptors (Lipinski definition) is 3. The molecule has 0 bridgehead atoms. The number of aromatic hydroxyl groups is 1. The van der Waals surface area contributed by atoms with Crippen molar-refractivity contribution in [3.8, 4) is 11.5 Å². The molecular weight excluding hydrogens is 168 g/mol. The third-order valence-corrected chi connectivity index (χ3v) is 1.78. The first kappa shape index (κ1) is 9.86. The monoisotopic (exact) mass is 182 g/mol. The second-order valence-electron chi connectivity index (χ2n) is 2.80. The molecule has 0 amide bonds. The fraction of sp³-hybridized carbons (Fsp3) is 0.400. The molecule has 72 valence electrons. The minimum atomic E-state index is -0.680. The summed E-state index contributed by atoms with van der Waals surface area (Å²) in [5, 5.41) is 18.9. The van der Waals surface area contributed by atoms with E-state index in [1.165, 1.54) is 0 Å². The van der Waals surface area contributed by atoms with Crippen LogP contribution in [0.5, 0.6) is 11.5 Å². The van der Waals surface area contributed by atoms with Gasteiger partial charge in [-0.2, -0.15) is 0 Å². The van der Waals surface area contributed by atoms with Gasteiger partial charge < -0.3 is 14.9 Å². The van der Waals surface area contributed by atoms with Crippen molar-refractivity contribution < 1.29 is 14.9 Å². The quantitative estimate of drug-likeness (QED) is 0.750. The molecule has 0 fully saturated rings. The number of ether oxygens (including phenoxy) is 1. The maximum absolute atomic E-state index is 9.61. The van der Waals surface area contributed by atoms with Crippen LogP contribution in [0.2, 0.25) is 0 Å². The molecule has 0 heterocycles. The van der Waals surface area contributed by atoms with Crippen molar-refractivity contribution in [3.63, 3.8) is 0 Å². The Hall–Kier alpha value is -1.22. The largest absolute Gasteiger partial charge is 0.504 e. The summed E-state index contributed by atoms with van der Waals surface area (Å²) in [5.41, 5.74) is 0.492. The van der Waals surface area contributed by atoms with Gasteiger partial charge in [0.1, 0.15) is 0 Å². The number of rotatable bonds is 3. The fourth-order valence-corrected chi connectivity index (χ4v) is 1.15. The SMILES string of the molecule is CCOc1cccc([C@@H](C)O)c1O. The Morgan fingerprint density at radius 2 is 2.15 bits per heavy atom. The Balaban J connectivity index is 3.03. The Bertz CT molecular complexity index is 281. The van der Waals surface area contributed by atoms with Crippen LogP contribution in [0.3, 0.4) is 0 Å². The van der Waals surface area contributed by atoms with Crippen molar-refractivity contribution in [2.45, 2.75) is 20.0 Å². The zero-order chi connectivity index (χ0) is 9.84. The van der Waals surface area contributed by atoms with Gasteiger partial charge in [-0.1, -0.05) is 12.1 Å². The van der Waals surface area contributed by atoms with Gasteiger partial charge in [0.15, 0.2) is 11.5 Å². The molecule has 0 aromatic heterocycles. The van der Waals surface area contributed by atoms with Gasteiger partial charge in [0, 0.05) is 5.56 Å². The number of hydrogen-bond donors (Lipinski definition) is 2. The molecule has 1 aromatic rings. The molecule has 0 saturated heterocycles. The highest BCUT2D eigenvalue weighted by atomic mass is 16.5. The summed E-state index contributed by atoms with van der Waals surface area (Å²) in [7, 11) is 0. The van der Waals surface area contributed by atoms with Crippen LogP contribution in [-0.4, -0.2) is 16.8 Å². The molecule has 1 aromatic carbocycles. The zero-order valence-corrected chi connectivity index (χ0v) is 7.82. The molecule has 1 rings (SSSR count). The summed E-state index contributed by atoms with van der Waals surface area (Å²) in [6.07, 6.45) is -0.680. The average molecular weight is 182 g/mol. The molecule has 0 saturated carbocycles. The third-order valence-electron chi connectivity index (χ3n) is 1.78. The number of aliphatic hydroxyl groups is 1. The van der Waals surface area contributed by atoms with E-state index in [0.29, 0.717) is 17.9 Å². The van der Waals surface area contributed by atoms with E-state index in [1.807, 2.05) is 6.92 Å². The van der Waals surface area contributed by atoms with E-state index in [-0.39, 0.29) is 5.75 Å². The second kappa shape index (κ2) is 4.14. The van der Waals surface area contributed by atoms with Crippen LogP contribution >= 0.6 is 0 Å². The van der Waals surface area contributed by atoms with Gasteiger partial charge in [-0.3, -0.25) is 0 Å². The number of phenols is 1. The summed E-state index contributed by atoms with van der Waals surface area (Å²) < 4.78 is 5.17. The van der Waals surface area contributed by atoms with E-state index in [0.717, 1.165) is 0 Å². The lowest BCUT2D eigenvalue weighted by Gasteiger charge is -2.11. The van der Waals surface area contributed by atoms with Gasteiger partial charge in [-0.25, -0.2) is 0 Å². The topological polar surface area (TPSA) is 49.7 Å². The third kappa shape index (κ3) is 2.12. The minimum absolute atomic E-state index is 0.0272. The number of phenolic OH excluding ortho intramolecular Hbond substituents is 1. The smallest absolute Gasteiger partial charge is 0.163 e. The van der Waals surface area contributed by atoms with Crippen LogP contribution in [0.4, 0.5) is 0 Å². The molecule has 1 atom stereocenters. The number of aliphatic hydroxyl groups excluding tert-OH is 1. The Kier molecular flexibility index (Phi) is 3.14. The molecule has 0 spiro atoms. The van der Waals surface area contributed by atoms with E-state index >= 15 is 0 Å². The van der Waals surface area contributed by atoms with E-state index < -0.39 is 6.10 Å². The Labute approximate surface area is 77.6 Å². The predicted octanol–water partition coefficient (Wildman–Crippen LogP) is 1.84. The average Bonchev–Trinajstić information content (AvgIpc) is 2.08. The predicted molar refractivity (Wildman–Crippen MR) is 49.9 cm³/mol. The summed E-state index contributed by atoms with van der Waals surface area (Å²) >= 11 is 0. The van der Waals surface area contributed by atoms with Gasteiger partial charge >= 0.3 is 0 Å². The molecule has 0 aliphatic rings. The van der Waals surface area contributed by atoms with Crippen LogP contribution in [-0.2, 0) is 0 Å². The van der Waals surface area contributed by atoms with E-state index in [9.17, 15) is 10.2 Å². The molecular formula is C10H14O3. The van der Waals surface area contributed by atoms with Gasteiger partial charge in [0.25, 0.3) is 0 Å². The highest BCUT2D eigenvalue weighted by Gasteiger charge is 2.11. The lowest BCUT2D eigenvalue weighted by molar-refractivity contribution is 0.193. The van der Waals surface area contributed by atoms with Crippen molar-refractivity contribution in [1.82, 2.24) is 0 Å². The summed E-state index contributed by atoms with van der Waals surface area (Å²) in [6, 6.07) is 5.08. The van der Waals surface area contributed by atoms with Gasteiger partial charge in [-0.15, -0.1) is 0 Å². The van der Waals surface area contributed by atoms with Crippen molar-refractivity contribution >= 4 is 0 Å². The molecule has 3 nitrogen and oxygen atoms in total. The van der Waals surface area contributed by atoms with Crippen LogP contribution in [0.15, 0.2) is 18.2 Å². The van der Waals surface area contributed by atoms with E-state index in [4.69, 9.17) is 4.74 Å². The van der Waals surface area contributed by atoms with Crippen molar-refractivity contribution in [2.24, 2.45) is 0 Å². The zero-order valence-electron chi connectivity index (χ0n) is 7.82. The number of benzene rings is 1. The summed E-state index contributed by atoms with van der Waals surface area (Å²) in [5.74, 6) is 0.445. The maximum Gasteiger partial charge on any atom is 0.163 e. The number of para-hydroxylation sites is 1. The van der Waals surface area contributed by atoms with Crippen molar-refractivity contribution in [1.29, 1.82) is 0 Å². The minimum Gasteiger partial charge on any atom is -0.504 e. The van der Waals surface area contributed by atoms with Crippen LogP contribution in [0.1, 0.15) is 25.5 Å². The van der Waals surface area contributed by atoms with Crippen LogP contribution in [0.25, 0.3) is 0 Å². The Morgan fingerprint density at radius 1 is 1.46 bits per heavy atom. The van der Waals surface area contributed by atoms with Crippen LogP contribution in [0, 0.1) is 0 Å². The first-order chi connectivity index (χ1) is 6.16. The summed E-state index contributed by atoms with van der Waals surface area (Å²) in [4.78, 5) is 0. The molecule has 0 aliphatic carbocycles. The molecule has 3 heteroatoms. The van der Waals surface area contributed by atoms with E-state index in [2.05, 4.69) is 0 Å². The molecule has 0 unspecified atom stereocenters. The maximum atomic E-state index is 9.61. The highest BCUT2D eigenvalue weighted by molar-refractivity contribution is 5.46. The van der Waals surface area contributed by atoms with Crippen molar-refractivity contribution in [3.05, 3.63) is 23.8 Å². The molecule has 0 aliphatic heterocycles. The summed E-state index contributed by atoms with van der Waals surface area (Å²) in [6.45, 7) is 3.94. The molecule has 2 N–H and O–H groups in total. The van der Waals surface area contributed by atoms with Gasteiger partial charge in [0.2, 0.25) is 0 Å². The van der Waals surface area contributed by atoms with Gasteiger partial charge in [0.05, 0.1) is 12.7 Å². The van der Waals surface area contributed by atoms with Crippen LogP contribution < -0.4 is 4.74 Å². The van der Waals surface area contributed by atoms with Gasteiger partial charge in [-0.05, 0) is 19.9 Å². The van der Waals surface area contributed by atoms with E-state index in [1.54, 1.807) is 25.1 Å². The Morgan fingerprint density at radius 3 is 2.69 bits per heavy atom. The highest BCUT2D eigenvalue weighted by Crippen LogP contribution is 2.33. The standard InChI is InChI=1S/C10H14O3/c1-3-13-9-6-4-5-8(7(2)11)10(9)12/h4-7,11-12H,3H2,1-2H3/t7-/m1/s1. The lowest BCUT2D eigenvalue weighted by Crippen LogP contribution is -1.96. The second-order valence-corrected chi connectivity index (χ2v) is 2.80. The first-order valence-electron chi connectivity index (χ1n) is 4.29. The first-order valence-corrected chi connectivity index (χ1v) is 4.29. The molecule has 13 heavy (non-hydrogen) atoms. The van der Waals surface area contributed by atoms with Crippen molar-refractivity contribution in [2.75, 3.05) is 6.61 Å². The lowest BCUT2D eigenvalue weighted by atomic mass is 10.1. The molecule has 0 radical (unpaired) electrons. The fourth-order valence-electron chi connectivity index (χ4n) is 1.15. The normalized spacial score (nSPS) is 12.5.